The van der Waals surface area contributed by atoms with Crippen molar-refractivity contribution in [2.24, 2.45) is 4.99 Å². The van der Waals surface area contributed by atoms with E-state index in [9.17, 15) is 0 Å². The first-order valence-electron chi connectivity index (χ1n) is 11.2. The molecule has 2 aliphatic rings. The molecule has 2 N–H and O–H groups in total. The Morgan fingerprint density at radius 3 is 2.19 bits per heavy atom. The minimum absolute atomic E-state index is 0. The van der Waals surface area contributed by atoms with Gasteiger partial charge >= 0.3 is 0 Å². The molecule has 31 heavy (non-hydrogen) atoms. The zero-order valence-electron chi connectivity index (χ0n) is 18.3. The third kappa shape index (κ3) is 6.63. The van der Waals surface area contributed by atoms with Crippen LogP contribution in [0, 0.1) is 0 Å². The lowest BCUT2D eigenvalue weighted by molar-refractivity contribution is 0.461. The largest absolute Gasteiger partial charge is 0.371 e. The predicted octanol–water partition coefficient (Wildman–Crippen LogP) is 4.40. The van der Waals surface area contributed by atoms with Gasteiger partial charge in [0.1, 0.15) is 0 Å². The van der Waals surface area contributed by atoms with Gasteiger partial charge in [0.15, 0.2) is 5.96 Å². The van der Waals surface area contributed by atoms with Crippen molar-refractivity contribution < 1.29 is 0 Å². The molecule has 2 aromatic carbocycles. The Hall–Kier alpha value is -2.22. The number of hydrogen-bond acceptors (Lipinski definition) is 3. The lowest BCUT2D eigenvalue weighted by Gasteiger charge is -2.34. The number of anilines is 2. The summed E-state index contributed by atoms with van der Waals surface area (Å²) in [6.07, 6.45) is 6.68. The van der Waals surface area contributed by atoms with Gasteiger partial charge in [-0.05, 0) is 49.6 Å². The van der Waals surface area contributed by atoms with E-state index >= 15 is 0 Å². The summed E-state index contributed by atoms with van der Waals surface area (Å²) in [5.74, 6) is 0.920. The van der Waals surface area contributed by atoms with Gasteiger partial charge in [0, 0.05) is 50.1 Å². The summed E-state index contributed by atoms with van der Waals surface area (Å²) in [4.78, 5) is 9.67. The molecule has 2 heterocycles. The molecule has 0 spiro atoms. The molecule has 5 nitrogen and oxygen atoms in total. The van der Waals surface area contributed by atoms with Gasteiger partial charge in [-0.2, -0.15) is 0 Å². The summed E-state index contributed by atoms with van der Waals surface area (Å²) >= 11 is 0. The van der Waals surface area contributed by atoms with E-state index in [2.05, 4.69) is 94.1 Å². The van der Waals surface area contributed by atoms with Crippen LogP contribution in [0.15, 0.2) is 71.7 Å². The minimum Gasteiger partial charge on any atom is -0.371 e. The molecule has 2 aromatic rings. The summed E-state index contributed by atoms with van der Waals surface area (Å²) in [5, 5.41) is 7.06. The van der Waals surface area contributed by atoms with Crippen LogP contribution in [0.1, 0.15) is 25.3 Å². The number of nitrogens with one attached hydrogen (secondary N) is 2. The summed E-state index contributed by atoms with van der Waals surface area (Å²) in [5.41, 5.74) is 3.84. The molecule has 0 saturated carbocycles. The third-order valence-corrected chi connectivity index (χ3v) is 5.84. The fraction of sp³-hybridized carbons (Fsp3) is 0.400. The molecule has 6 heteroatoms. The fourth-order valence-electron chi connectivity index (χ4n) is 4.11. The van der Waals surface area contributed by atoms with Crippen LogP contribution >= 0.6 is 24.0 Å². The Bertz CT molecular complexity index is 834. The van der Waals surface area contributed by atoms with Gasteiger partial charge in [0.2, 0.25) is 0 Å². The van der Waals surface area contributed by atoms with Crippen LogP contribution in [0.3, 0.4) is 0 Å². The second-order valence-corrected chi connectivity index (χ2v) is 7.98. The van der Waals surface area contributed by atoms with E-state index in [4.69, 9.17) is 4.99 Å². The molecule has 2 aliphatic heterocycles. The molecular formula is C25H34IN5. The van der Waals surface area contributed by atoms with Crippen LogP contribution in [-0.4, -0.2) is 44.7 Å². The highest BCUT2D eigenvalue weighted by Gasteiger charge is 2.20. The van der Waals surface area contributed by atoms with Crippen LogP contribution in [0.2, 0.25) is 0 Å². The van der Waals surface area contributed by atoms with Gasteiger partial charge in [-0.25, -0.2) is 4.99 Å². The number of halogens is 1. The molecule has 166 valence electrons. The van der Waals surface area contributed by atoms with Crippen molar-refractivity contribution in [3.8, 4) is 0 Å². The zero-order valence-corrected chi connectivity index (χ0v) is 20.7. The highest BCUT2D eigenvalue weighted by atomic mass is 127. The van der Waals surface area contributed by atoms with Crippen LogP contribution in [0.5, 0.6) is 0 Å². The topological polar surface area (TPSA) is 42.9 Å². The van der Waals surface area contributed by atoms with Crippen LogP contribution in [-0.2, 0) is 6.54 Å². The lowest BCUT2D eigenvalue weighted by Crippen LogP contribution is -2.48. The highest BCUT2D eigenvalue weighted by Crippen LogP contribution is 2.20. The smallest absolute Gasteiger partial charge is 0.191 e. The first-order valence-corrected chi connectivity index (χ1v) is 11.2. The Labute approximate surface area is 203 Å². The van der Waals surface area contributed by atoms with Crippen molar-refractivity contribution in [1.29, 1.82) is 0 Å². The van der Waals surface area contributed by atoms with Gasteiger partial charge in [-0.15, -0.1) is 24.0 Å². The lowest BCUT2D eigenvalue weighted by atomic mass is 10.0. The summed E-state index contributed by atoms with van der Waals surface area (Å²) in [6, 6.07) is 20.0. The standard InChI is InChI=1S/C25H33N5.HI/c1-2-26-25(27-20-21-10-12-24(13-11-21)29-16-6-7-17-29)28-22-14-18-30(19-15-22)23-8-4-3-5-9-23;/h3-13,22H,2,14-20H2,1H3,(H2,26,27,28);1H. The summed E-state index contributed by atoms with van der Waals surface area (Å²) < 4.78 is 0. The van der Waals surface area contributed by atoms with E-state index in [1.165, 1.54) is 16.9 Å². The Morgan fingerprint density at radius 2 is 1.55 bits per heavy atom. The van der Waals surface area contributed by atoms with E-state index in [1.807, 2.05) is 0 Å². The molecule has 0 bridgehead atoms. The van der Waals surface area contributed by atoms with Gasteiger partial charge in [-0.3, -0.25) is 0 Å². The fourth-order valence-corrected chi connectivity index (χ4v) is 4.11. The van der Waals surface area contributed by atoms with Gasteiger partial charge < -0.3 is 20.4 Å². The maximum absolute atomic E-state index is 4.84. The molecule has 0 aliphatic carbocycles. The van der Waals surface area contributed by atoms with Crippen LogP contribution < -0.4 is 20.4 Å². The Morgan fingerprint density at radius 1 is 0.903 bits per heavy atom. The van der Waals surface area contributed by atoms with Crippen molar-refractivity contribution in [3.05, 3.63) is 72.3 Å². The maximum Gasteiger partial charge on any atom is 0.191 e. The van der Waals surface area contributed by atoms with E-state index in [0.29, 0.717) is 12.6 Å². The van der Waals surface area contributed by atoms with Gasteiger partial charge in [-0.1, -0.05) is 42.5 Å². The molecule has 1 saturated heterocycles. The second kappa shape index (κ2) is 12.0. The Kier molecular flexibility index (Phi) is 9.06. The van der Waals surface area contributed by atoms with Crippen LogP contribution in [0.25, 0.3) is 0 Å². The number of para-hydroxylation sites is 1. The van der Waals surface area contributed by atoms with Crippen molar-refractivity contribution >= 4 is 41.3 Å². The van der Waals surface area contributed by atoms with Crippen molar-refractivity contribution in [1.82, 2.24) is 10.6 Å². The van der Waals surface area contributed by atoms with E-state index < -0.39 is 0 Å². The second-order valence-electron chi connectivity index (χ2n) is 7.98. The van der Waals surface area contributed by atoms with E-state index in [0.717, 1.165) is 51.5 Å². The number of benzene rings is 2. The maximum atomic E-state index is 4.84. The number of guanidine groups is 1. The van der Waals surface area contributed by atoms with Crippen molar-refractivity contribution in [3.63, 3.8) is 0 Å². The normalized spacial score (nSPS) is 16.9. The number of nitrogens with zero attached hydrogens (tertiary/aromatic N) is 3. The molecule has 4 rings (SSSR count). The van der Waals surface area contributed by atoms with Crippen molar-refractivity contribution in [2.45, 2.75) is 32.4 Å². The predicted molar refractivity (Wildman–Crippen MR) is 143 cm³/mol. The zero-order chi connectivity index (χ0) is 20.6. The number of hydrogen-bond donors (Lipinski definition) is 2. The van der Waals surface area contributed by atoms with E-state index in [-0.39, 0.29) is 24.0 Å². The van der Waals surface area contributed by atoms with Gasteiger partial charge in [0.05, 0.1) is 6.54 Å². The first-order chi connectivity index (χ1) is 14.8. The quantitative estimate of drug-likeness (QED) is 0.251. The molecule has 0 amide bonds. The first kappa shape index (κ1) is 23.4. The van der Waals surface area contributed by atoms with Gasteiger partial charge in [0.25, 0.3) is 0 Å². The molecule has 0 unspecified atom stereocenters. The molecule has 0 radical (unpaired) electrons. The third-order valence-electron chi connectivity index (χ3n) is 5.84. The SMILES string of the molecule is CCNC(=NCc1ccc(N2CC=CC2)cc1)NC1CCN(c2ccccc2)CC1.I. The van der Waals surface area contributed by atoms with E-state index in [1.54, 1.807) is 0 Å². The molecule has 0 atom stereocenters. The molecule has 1 fully saturated rings. The molecular weight excluding hydrogens is 497 g/mol. The summed E-state index contributed by atoms with van der Waals surface area (Å²) in [6.45, 7) is 7.85. The molecule has 0 aromatic heterocycles. The number of aliphatic imine (C=N–C) groups is 1. The average Bonchev–Trinajstić information content (AvgIpc) is 3.34. The van der Waals surface area contributed by atoms with Crippen LogP contribution in [0.4, 0.5) is 11.4 Å². The average molecular weight is 531 g/mol. The monoisotopic (exact) mass is 531 g/mol. The Balaban J connectivity index is 0.00000272. The highest BCUT2D eigenvalue weighted by molar-refractivity contribution is 14.0. The number of piperidine rings is 1. The minimum atomic E-state index is 0. The summed E-state index contributed by atoms with van der Waals surface area (Å²) in [7, 11) is 0. The van der Waals surface area contributed by atoms with Crippen molar-refractivity contribution in [2.75, 3.05) is 42.5 Å². The number of rotatable bonds is 6.